The van der Waals surface area contributed by atoms with Crippen LogP contribution in [0.5, 0.6) is 0 Å². The lowest BCUT2D eigenvalue weighted by Gasteiger charge is -2.09. The van der Waals surface area contributed by atoms with Crippen LogP contribution in [0.25, 0.3) is 0 Å². The lowest BCUT2D eigenvalue weighted by Crippen LogP contribution is -1.95. The molecule has 0 aliphatic carbocycles. The molecule has 1 aromatic heterocycles. The maximum absolute atomic E-state index is 8.96. The van der Waals surface area contributed by atoms with Crippen molar-refractivity contribution >= 4 is 38.9 Å². The van der Waals surface area contributed by atoms with Gasteiger partial charge in [-0.3, -0.25) is 4.98 Å². The zero-order valence-electron chi connectivity index (χ0n) is 8.61. The Morgan fingerprint density at radius 2 is 2.12 bits per heavy atom. The van der Waals surface area contributed by atoms with Crippen molar-refractivity contribution < 1.29 is 0 Å². The van der Waals surface area contributed by atoms with E-state index in [-0.39, 0.29) is 0 Å². The van der Waals surface area contributed by atoms with E-state index in [2.05, 4.69) is 32.3 Å². The smallest absolute Gasteiger partial charge is 0.101 e. The van der Waals surface area contributed by atoms with E-state index in [1.165, 1.54) is 0 Å². The van der Waals surface area contributed by atoms with Crippen molar-refractivity contribution in [3.05, 3.63) is 51.7 Å². The average molecular weight is 309 g/mol. The number of rotatable bonds is 2. The Bertz CT molecular complexity index is 593. The number of aromatic nitrogens is 1. The Hall–Kier alpha value is -1.57. The number of hydrogen-bond acceptors (Lipinski definition) is 3. The molecular formula is C12H7BrClN3. The van der Waals surface area contributed by atoms with Crippen LogP contribution in [0.3, 0.4) is 0 Å². The van der Waals surface area contributed by atoms with Crippen molar-refractivity contribution in [3.8, 4) is 6.07 Å². The molecule has 0 saturated carbocycles. The molecule has 1 heterocycles. The fourth-order valence-electron chi connectivity index (χ4n) is 1.33. The fraction of sp³-hybridized carbons (Fsp3) is 0. The number of benzene rings is 1. The summed E-state index contributed by atoms with van der Waals surface area (Å²) in [5.41, 5.74) is 1.98. The zero-order chi connectivity index (χ0) is 12.3. The Labute approximate surface area is 112 Å². The van der Waals surface area contributed by atoms with Gasteiger partial charge in [0.15, 0.2) is 0 Å². The summed E-state index contributed by atoms with van der Waals surface area (Å²) in [7, 11) is 0. The molecule has 0 unspecified atom stereocenters. The highest BCUT2D eigenvalue weighted by Gasteiger charge is 2.05. The second-order valence-corrected chi connectivity index (χ2v) is 4.57. The summed E-state index contributed by atoms with van der Waals surface area (Å²) in [6.45, 7) is 0. The molecule has 2 rings (SSSR count). The van der Waals surface area contributed by atoms with Gasteiger partial charge in [0.1, 0.15) is 6.07 Å². The van der Waals surface area contributed by atoms with Gasteiger partial charge in [-0.25, -0.2) is 0 Å². The highest BCUT2D eigenvalue weighted by Crippen LogP contribution is 2.29. The van der Waals surface area contributed by atoms with Crippen molar-refractivity contribution in [2.75, 3.05) is 5.32 Å². The van der Waals surface area contributed by atoms with Crippen molar-refractivity contribution in [2.24, 2.45) is 0 Å². The van der Waals surface area contributed by atoms with Crippen LogP contribution >= 0.6 is 27.5 Å². The summed E-state index contributed by atoms with van der Waals surface area (Å²) in [6, 6.07) is 9.15. The van der Waals surface area contributed by atoms with Crippen LogP contribution in [0, 0.1) is 11.3 Å². The summed E-state index contributed by atoms with van der Waals surface area (Å²) in [5, 5.41) is 12.7. The van der Waals surface area contributed by atoms with Gasteiger partial charge in [0, 0.05) is 15.7 Å². The number of nitrogens with zero attached hydrogens (tertiary/aromatic N) is 2. The van der Waals surface area contributed by atoms with Gasteiger partial charge in [-0.2, -0.15) is 5.26 Å². The summed E-state index contributed by atoms with van der Waals surface area (Å²) < 4.78 is 0.870. The van der Waals surface area contributed by atoms with Gasteiger partial charge in [-0.05, 0) is 40.2 Å². The molecule has 0 aliphatic rings. The monoisotopic (exact) mass is 307 g/mol. The molecule has 0 amide bonds. The van der Waals surface area contributed by atoms with Crippen LogP contribution < -0.4 is 5.32 Å². The Balaban J connectivity index is 2.38. The third-order valence-electron chi connectivity index (χ3n) is 2.14. The normalized spacial score (nSPS) is 9.71. The molecule has 3 nitrogen and oxygen atoms in total. The first kappa shape index (κ1) is 11.9. The number of hydrogen-bond donors (Lipinski definition) is 1. The molecule has 2 aromatic rings. The quantitative estimate of drug-likeness (QED) is 0.908. The molecule has 0 spiro atoms. The highest BCUT2D eigenvalue weighted by molar-refractivity contribution is 9.10. The average Bonchev–Trinajstić information content (AvgIpc) is 2.34. The molecular weight excluding hydrogens is 302 g/mol. The fourth-order valence-corrected chi connectivity index (χ4v) is 1.85. The molecule has 0 radical (unpaired) electrons. The van der Waals surface area contributed by atoms with Crippen LogP contribution in [-0.4, -0.2) is 4.98 Å². The van der Waals surface area contributed by atoms with E-state index in [1.54, 1.807) is 30.6 Å². The van der Waals surface area contributed by atoms with Gasteiger partial charge >= 0.3 is 0 Å². The summed E-state index contributed by atoms with van der Waals surface area (Å²) in [6.07, 6.45) is 3.18. The third-order valence-corrected chi connectivity index (χ3v) is 3.07. The van der Waals surface area contributed by atoms with Gasteiger partial charge in [-0.15, -0.1) is 0 Å². The number of anilines is 2. The third kappa shape index (κ3) is 2.76. The molecule has 1 aromatic carbocycles. The predicted molar refractivity (Wildman–Crippen MR) is 71.4 cm³/mol. The van der Waals surface area contributed by atoms with E-state index >= 15 is 0 Å². The summed E-state index contributed by atoms with van der Waals surface area (Å²) in [4.78, 5) is 3.98. The van der Waals surface area contributed by atoms with Crippen molar-refractivity contribution in [1.29, 1.82) is 5.26 Å². The first-order valence-corrected chi connectivity index (χ1v) is 5.94. The maximum atomic E-state index is 8.96. The minimum absolute atomic E-state index is 0.534. The first-order valence-electron chi connectivity index (χ1n) is 4.77. The summed E-state index contributed by atoms with van der Waals surface area (Å²) >= 11 is 9.33. The van der Waals surface area contributed by atoms with Crippen LogP contribution in [0.1, 0.15) is 5.56 Å². The molecule has 5 heteroatoms. The Morgan fingerprint density at radius 3 is 2.88 bits per heavy atom. The lowest BCUT2D eigenvalue weighted by atomic mass is 10.2. The van der Waals surface area contributed by atoms with E-state index in [9.17, 15) is 0 Å². The zero-order valence-corrected chi connectivity index (χ0v) is 11.0. The summed E-state index contributed by atoms with van der Waals surface area (Å²) in [5.74, 6) is 0. The van der Waals surface area contributed by atoms with Crippen LogP contribution in [0.4, 0.5) is 11.4 Å². The SMILES string of the molecule is N#Cc1ccncc1Nc1cc(Cl)ccc1Br. The van der Waals surface area contributed by atoms with E-state index in [0.717, 1.165) is 10.2 Å². The molecule has 0 saturated heterocycles. The number of halogens is 2. The van der Waals surface area contributed by atoms with Gasteiger partial charge in [0.05, 0.1) is 23.1 Å². The van der Waals surface area contributed by atoms with E-state index in [0.29, 0.717) is 16.3 Å². The Morgan fingerprint density at radius 1 is 1.29 bits per heavy atom. The van der Waals surface area contributed by atoms with E-state index in [4.69, 9.17) is 16.9 Å². The van der Waals surface area contributed by atoms with Crippen molar-refractivity contribution in [3.63, 3.8) is 0 Å². The maximum Gasteiger partial charge on any atom is 0.101 e. The van der Waals surface area contributed by atoms with E-state index < -0.39 is 0 Å². The molecule has 0 fully saturated rings. The second kappa shape index (κ2) is 5.17. The van der Waals surface area contributed by atoms with Gasteiger partial charge in [-0.1, -0.05) is 11.6 Å². The topological polar surface area (TPSA) is 48.7 Å². The molecule has 0 aliphatic heterocycles. The number of nitrogens with one attached hydrogen (secondary N) is 1. The standard InChI is InChI=1S/C12H7BrClN3/c13-10-2-1-9(14)5-11(10)17-12-7-16-4-3-8(12)6-15/h1-5,7,17H. The van der Waals surface area contributed by atoms with Crippen LogP contribution in [-0.2, 0) is 0 Å². The van der Waals surface area contributed by atoms with Crippen molar-refractivity contribution in [2.45, 2.75) is 0 Å². The largest absolute Gasteiger partial charge is 0.352 e. The number of nitriles is 1. The minimum Gasteiger partial charge on any atom is -0.352 e. The van der Waals surface area contributed by atoms with E-state index in [1.807, 2.05) is 6.07 Å². The molecule has 84 valence electrons. The lowest BCUT2D eigenvalue weighted by molar-refractivity contribution is 1.30. The molecule has 0 atom stereocenters. The number of pyridine rings is 1. The predicted octanol–water partition coefficient (Wildman–Crippen LogP) is 4.11. The van der Waals surface area contributed by atoms with Crippen LogP contribution in [0.2, 0.25) is 5.02 Å². The van der Waals surface area contributed by atoms with Gasteiger partial charge < -0.3 is 5.32 Å². The second-order valence-electron chi connectivity index (χ2n) is 3.28. The van der Waals surface area contributed by atoms with Gasteiger partial charge in [0.25, 0.3) is 0 Å². The van der Waals surface area contributed by atoms with Crippen LogP contribution in [0.15, 0.2) is 41.1 Å². The minimum atomic E-state index is 0.534. The first-order chi connectivity index (χ1) is 8.20. The van der Waals surface area contributed by atoms with Crippen molar-refractivity contribution in [1.82, 2.24) is 4.98 Å². The molecule has 1 N–H and O–H groups in total. The molecule has 17 heavy (non-hydrogen) atoms. The van der Waals surface area contributed by atoms with Gasteiger partial charge in [0.2, 0.25) is 0 Å². The highest BCUT2D eigenvalue weighted by atomic mass is 79.9. The Kier molecular flexibility index (Phi) is 3.62. The molecule has 0 bridgehead atoms.